The van der Waals surface area contributed by atoms with Gasteiger partial charge in [-0.15, -0.1) is 6.58 Å². The lowest BCUT2D eigenvalue weighted by molar-refractivity contribution is -0.113. The number of halogens is 1. The van der Waals surface area contributed by atoms with Crippen LogP contribution in [0.2, 0.25) is 5.02 Å². The summed E-state index contributed by atoms with van der Waals surface area (Å²) in [6.45, 7) is 6.33. The molecule has 0 aliphatic rings. The zero-order chi connectivity index (χ0) is 20.8. The molecule has 0 saturated carbocycles. The lowest BCUT2D eigenvalue weighted by Crippen LogP contribution is -2.15. The van der Waals surface area contributed by atoms with Gasteiger partial charge in [-0.3, -0.25) is 4.79 Å². The number of ether oxygens (including phenoxy) is 1. The van der Waals surface area contributed by atoms with E-state index in [0.717, 1.165) is 15.8 Å². The maximum absolute atomic E-state index is 12.4. The van der Waals surface area contributed by atoms with Crippen LogP contribution in [0.25, 0.3) is 16.3 Å². The Balaban J connectivity index is 1.99. The van der Waals surface area contributed by atoms with Crippen molar-refractivity contribution in [3.63, 3.8) is 0 Å². The largest absolute Gasteiger partial charge is 0.462 e. The van der Waals surface area contributed by atoms with Gasteiger partial charge in [-0.05, 0) is 42.8 Å². The molecule has 0 aliphatic carbocycles. The molecule has 29 heavy (non-hydrogen) atoms. The van der Waals surface area contributed by atoms with Gasteiger partial charge in [-0.2, -0.15) is 4.99 Å². The van der Waals surface area contributed by atoms with E-state index in [-0.39, 0.29) is 5.97 Å². The molecule has 0 radical (unpaired) electrons. The fourth-order valence-electron chi connectivity index (χ4n) is 2.71. The van der Waals surface area contributed by atoms with Crippen LogP contribution in [0.15, 0.2) is 66.2 Å². The fourth-order valence-corrected chi connectivity index (χ4v) is 3.99. The topological polar surface area (TPSA) is 60.7 Å². The Kier molecular flexibility index (Phi) is 6.80. The summed E-state index contributed by atoms with van der Waals surface area (Å²) >= 11 is 7.43. The van der Waals surface area contributed by atoms with Gasteiger partial charge in [0.2, 0.25) is 0 Å². The average molecular weight is 427 g/mol. The summed E-state index contributed by atoms with van der Waals surface area (Å²) in [5.41, 5.74) is 2.07. The van der Waals surface area contributed by atoms with Gasteiger partial charge in [-0.25, -0.2) is 4.79 Å². The highest BCUT2D eigenvalue weighted by Gasteiger charge is 2.11. The van der Waals surface area contributed by atoms with E-state index in [1.165, 1.54) is 17.4 Å². The van der Waals surface area contributed by atoms with Gasteiger partial charge in [0, 0.05) is 17.6 Å². The number of hydrogen-bond donors (Lipinski definition) is 0. The van der Waals surface area contributed by atoms with Gasteiger partial charge < -0.3 is 9.30 Å². The van der Waals surface area contributed by atoms with Crippen molar-refractivity contribution in [1.82, 2.24) is 4.57 Å². The van der Waals surface area contributed by atoms with E-state index in [1.807, 2.05) is 28.8 Å². The molecule has 1 aromatic heterocycles. The first-order valence-corrected chi connectivity index (χ1v) is 10.2. The van der Waals surface area contributed by atoms with E-state index < -0.39 is 5.91 Å². The Morgan fingerprint density at radius 3 is 2.79 bits per heavy atom. The van der Waals surface area contributed by atoms with Crippen LogP contribution in [0, 0.1) is 0 Å². The molecule has 0 aliphatic heterocycles. The van der Waals surface area contributed by atoms with Crippen molar-refractivity contribution >= 4 is 51.1 Å². The third-order valence-corrected chi connectivity index (χ3v) is 5.41. The van der Waals surface area contributed by atoms with E-state index in [4.69, 9.17) is 16.3 Å². The van der Waals surface area contributed by atoms with Gasteiger partial charge in [0.05, 0.1) is 22.4 Å². The minimum atomic E-state index is -0.403. The number of rotatable bonds is 6. The van der Waals surface area contributed by atoms with Crippen molar-refractivity contribution in [3.8, 4) is 0 Å². The molecule has 0 bridgehead atoms. The summed E-state index contributed by atoms with van der Waals surface area (Å²) in [5, 5.41) is 0.562. The predicted molar refractivity (Wildman–Crippen MR) is 117 cm³/mol. The van der Waals surface area contributed by atoms with Crippen LogP contribution in [0.3, 0.4) is 0 Å². The lowest BCUT2D eigenvalue weighted by Gasteiger charge is -2.03. The number of esters is 1. The summed E-state index contributed by atoms with van der Waals surface area (Å²) in [4.78, 5) is 29.1. The van der Waals surface area contributed by atoms with Crippen molar-refractivity contribution in [2.45, 2.75) is 13.5 Å². The second-order valence-corrected chi connectivity index (χ2v) is 7.41. The quantitative estimate of drug-likeness (QED) is 0.321. The number of aromatic nitrogens is 1. The summed E-state index contributed by atoms with van der Waals surface area (Å²) in [6, 6.07) is 12.5. The maximum Gasteiger partial charge on any atom is 0.338 e. The second kappa shape index (κ2) is 9.49. The minimum absolute atomic E-state index is 0.310. The molecule has 1 amide bonds. The molecule has 0 atom stereocenters. The molecular formula is C22H19ClN2O3S. The predicted octanol–water partition coefficient (Wildman–Crippen LogP) is 4.86. The number of carbonyl (C=O) groups is 2. The van der Waals surface area contributed by atoms with Crippen molar-refractivity contribution in [3.05, 3.63) is 82.1 Å². The highest BCUT2D eigenvalue weighted by molar-refractivity contribution is 7.16. The number of nitrogens with zero attached hydrogens (tertiary/aromatic N) is 2. The molecule has 148 valence electrons. The van der Waals surface area contributed by atoms with Crippen molar-refractivity contribution < 1.29 is 14.3 Å². The number of fused-ring (bicyclic) bond motifs is 1. The zero-order valence-corrected chi connectivity index (χ0v) is 17.4. The first-order chi connectivity index (χ1) is 14.0. The molecule has 0 fully saturated rings. The Bertz CT molecular complexity index is 1170. The van der Waals surface area contributed by atoms with E-state index in [1.54, 1.807) is 37.3 Å². The SMILES string of the molecule is C=CCn1c(=NC(=O)/C=C/c2ccccc2Cl)sc2cc(C(=O)OCC)ccc21. The standard InChI is InChI=1S/C22H19ClN2O3S/c1-3-13-25-18-11-9-16(21(27)28-4-2)14-19(18)29-22(25)24-20(26)12-10-15-7-5-6-8-17(15)23/h3,5-12,14H,1,4,13H2,2H3/b12-10+,24-22?. The molecule has 0 N–H and O–H groups in total. The summed E-state index contributed by atoms with van der Waals surface area (Å²) in [6.07, 6.45) is 4.75. The van der Waals surface area contributed by atoms with E-state index >= 15 is 0 Å². The van der Waals surface area contributed by atoms with Gasteiger partial charge >= 0.3 is 5.97 Å². The minimum Gasteiger partial charge on any atom is -0.462 e. The highest BCUT2D eigenvalue weighted by Crippen LogP contribution is 2.20. The fraction of sp³-hybridized carbons (Fsp3) is 0.136. The zero-order valence-electron chi connectivity index (χ0n) is 15.8. The average Bonchev–Trinajstić information content (AvgIpc) is 3.04. The van der Waals surface area contributed by atoms with E-state index in [0.29, 0.717) is 28.5 Å². The first kappa shape index (κ1) is 20.8. The summed E-state index contributed by atoms with van der Waals surface area (Å²) in [5.74, 6) is -0.782. The molecule has 2 aromatic carbocycles. The summed E-state index contributed by atoms with van der Waals surface area (Å²) < 4.78 is 7.77. The van der Waals surface area contributed by atoms with Crippen molar-refractivity contribution in [1.29, 1.82) is 0 Å². The highest BCUT2D eigenvalue weighted by atomic mass is 35.5. The molecule has 0 saturated heterocycles. The van der Waals surface area contributed by atoms with Crippen LogP contribution in [0.1, 0.15) is 22.8 Å². The smallest absolute Gasteiger partial charge is 0.338 e. The molecule has 0 unspecified atom stereocenters. The van der Waals surface area contributed by atoms with Crippen molar-refractivity contribution in [2.75, 3.05) is 6.61 Å². The monoisotopic (exact) mass is 426 g/mol. The van der Waals surface area contributed by atoms with Crippen molar-refractivity contribution in [2.24, 2.45) is 4.99 Å². The molecule has 7 heteroatoms. The number of thiazole rings is 1. The molecule has 3 aromatic rings. The second-order valence-electron chi connectivity index (χ2n) is 5.99. The third kappa shape index (κ3) is 4.91. The van der Waals surface area contributed by atoms with E-state index in [2.05, 4.69) is 11.6 Å². The van der Waals surface area contributed by atoms with Gasteiger partial charge in [0.25, 0.3) is 5.91 Å². The molecule has 5 nitrogen and oxygen atoms in total. The Hall–Kier alpha value is -2.96. The third-order valence-electron chi connectivity index (χ3n) is 4.02. The van der Waals surface area contributed by atoms with Crippen LogP contribution in [-0.2, 0) is 16.1 Å². The molecule has 3 rings (SSSR count). The first-order valence-electron chi connectivity index (χ1n) is 8.96. The maximum atomic E-state index is 12.4. The number of carbonyl (C=O) groups excluding carboxylic acids is 2. The van der Waals surface area contributed by atoms with Crippen LogP contribution < -0.4 is 4.80 Å². The summed E-state index contributed by atoms with van der Waals surface area (Å²) in [7, 11) is 0. The van der Waals surface area contributed by atoms with Crippen LogP contribution >= 0.6 is 22.9 Å². The van der Waals surface area contributed by atoms with Gasteiger partial charge in [0.15, 0.2) is 4.80 Å². The Morgan fingerprint density at radius 1 is 1.28 bits per heavy atom. The number of allylic oxidation sites excluding steroid dienone is 1. The lowest BCUT2D eigenvalue weighted by atomic mass is 10.2. The van der Waals surface area contributed by atoms with Gasteiger partial charge in [0.1, 0.15) is 0 Å². The number of amides is 1. The molecule has 1 heterocycles. The van der Waals surface area contributed by atoms with Crippen LogP contribution in [0.4, 0.5) is 0 Å². The van der Waals surface area contributed by atoms with E-state index in [9.17, 15) is 9.59 Å². The van der Waals surface area contributed by atoms with Crippen LogP contribution in [0.5, 0.6) is 0 Å². The van der Waals surface area contributed by atoms with Crippen LogP contribution in [-0.4, -0.2) is 23.1 Å². The van der Waals surface area contributed by atoms with Gasteiger partial charge in [-0.1, -0.05) is 47.2 Å². The molecule has 0 spiro atoms. The normalized spacial score (nSPS) is 11.9. The number of hydrogen-bond acceptors (Lipinski definition) is 4. The molecular weight excluding hydrogens is 408 g/mol. The Morgan fingerprint density at radius 2 is 2.07 bits per heavy atom. The Labute approximate surface area is 177 Å². The number of benzene rings is 2.